The Balaban J connectivity index is 2.56. The zero-order valence-corrected chi connectivity index (χ0v) is 10.4. The molecule has 1 heterocycles. The van der Waals surface area contributed by atoms with Crippen LogP contribution in [0.2, 0.25) is 0 Å². The number of nitriles is 1. The van der Waals surface area contributed by atoms with Crippen molar-refractivity contribution in [3.63, 3.8) is 0 Å². The lowest BCUT2D eigenvalue weighted by Crippen LogP contribution is -2.29. The van der Waals surface area contributed by atoms with E-state index in [1.807, 2.05) is 38.1 Å². The van der Waals surface area contributed by atoms with Crippen molar-refractivity contribution in [2.24, 2.45) is 0 Å². The van der Waals surface area contributed by atoms with Crippen LogP contribution >= 0.6 is 0 Å². The minimum atomic E-state index is -0.498. The third-order valence-electron chi connectivity index (χ3n) is 2.64. The van der Waals surface area contributed by atoms with Crippen LogP contribution in [0.1, 0.15) is 19.4 Å². The zero-order chi connectivity index (χ0) is 13.2. The molecule has 0 fully saturated rings. The van der Waals surface area contributed by atoms with Crippen molar-refractivity contribution in [2.75, 3.05) is 5.32 Å². The number of terminal acetylenes is 1. The number of aromatic nitrogens is 1. The van der Waals surface area contributed by atoms with Gasteiger partial charge in [0.05, 0.1) is 22.7 Å². The van der Waals surface area contributed by atoms with Crippen LogP contribution in [0.3, 0.4) is 0 Å². The number of fused-ring (bicyclic) bond motifs is 1. The number of pyridine rings is 1. The van der Waals surface area contributed by atoms with Crippen LogP contribution < -0.4 is 5.32 Å². The number of anilines is 1. The lowest BCUT2D eigenvalue weighted by atomic mass is 10.1. The van der Waals surface area contributed by atoms with E-state index in [4.69, 9.17) is 11.7 Å². The number of hydrogen-bond donors (Lipinski definition) is 1. The first-order valence-corrected chi connectivity index (χ1v) is 5.61. The maximum Gasteiger partial charge on any atom is 0.129 e. The number of para-hydroxylation sites is 1. The number of nitrogens with zero attached hydrogens (tertiary/aromatic N) is 2. The molecular formula is C15H13N3. The SMILES string of the molecule is C#CC(C)(C)Nc1cc(C#N)c2ccccc2n1. The maximum absolute atomic E-state index is 9.17. The molecule has 0 atom stereocenters. The molecule has 0 amide bonds. The van der Waals surface area contributed by atoms with Crippen LogP contribution in [0.4, 0.5) is 5.82 Å². The van der Waals surface area contributed by atoms with Crippen LogP contribution in [-0.4, -0.2) is 10.5 Å². The van der Waals surface area contributed by atoms with Gasteiger partial charge in [0.2, 0.25) is 0 Å². The van der Waals surface area contributed by atoms with E-state index in [1.165, 1.54) is 0 Å². The van der Waals surface area contributed by atoms with Crippen LogP contribution in [0.25, 0.3) is 10.9 Å². The largest absolute Gasteiger partial charge is 0.354 e. The summed E-state index contributed by atoms with van der Waals surface area (Å²) in [5, 5.41) is 13.2. The third-order valence-corrected chi connectivity index (χ3v) is 2.64. The van der Waals surface area contributed by atoms with E-state index in [0.717, 1.165) is 10.9 Å². The van der Waals surface area contributed by atoms with Gasteiger partial charge in [-0.3, -0.25) is 0 Å². The Kier molecular flexibility index (Phi) is 2.92. The molecule has 0 unspecified atom stereocenters. The fourth-order valence-electron chi connectivity index (χ4n) is 1.69. The molecular weight excluding hydrogens is 222 g/mol. The second-order valence-corrected chi connectivity index (χ2v) is 4.58. The smallest absolute Gasteiger partial charge is 0.129 e. The average molecular weight is 235 g/mol. The predicted octanol–water partition coefficient (Wildman–Crippen LogP) is 2.93. The fraction of sp³-hybridized carbons (Fsp3) is 0.200. The lowest BCUT2D eigenvalue weighted by molar-refractivity contribution is 0.737. The molecule has 3 heteroatoms. The van der Waals surface area contributed by atoms with E-state index in [0.29, 0.717) is 11.4 Å². The van der Waals surface area contributed by atoms with E-state index in [1.54, 1.807) is 6.07 Å². The van der Waals surface area contributed by atoms with Gasteiger partial charge in [-0.2, -0.15) is 5.26 Å². The summed E-state index contributed by atoms with van der Waals surface area (Å²) in [4.78, 5) is 4.46. The van der Waals surface area contributed by atoms with Crippen molar-refractivity contribution in [3.05, 3.63) is 35.9 Å². The second-order valence-electron chi connectivity index (χ2n) is 4.58. The molecule has 0 aliphatic carbocycles. The van der Waals surface area contributed by atoms with E-state index < -0.39 is 5.54 Å². The summed E-state index contributed by atoms with van der Waals surface area (Å²) in [6.07, 6.45) is 5.43. The van der Waals surface area contributed by atoms with Gasteiger partial charge in [-0.25, -0.2) is 4.98 Å². The molecule has 0 radical (unpaired) electrons. The molecule has 1 aromatic carbocycles. The average Bonchev–Trinajstić information content (AvgIpc) is 2.37. The van der Waals surface area contributed by atoms with Gasteiger partial charge >= 0.3 is 0 Å². The van der Waals surface area contributed by atoms with Gasteiger partial charge < -0.3 is 5.32 Å². The molecule has 2 rings (SSSR count). The Labute approximate surface area is 106 Å². The summed E-state index contributed by atoms with van der Waals surface area (Å²) in [7, 11) is 0. The van der Waals surface area contributed by atoms with Crippen molar-refractivity contribution in [2.45, 2.75) is 19.4 Å². The molecule has 1 aromatic heterocycles. The van der Waals surface area contributed by atoms with Crippen molar-refractivity contribution < 1.29 is 0 Å². The quantitative estimate of drug-likeness (QED) is 0.814. The van der Waals surface area contributed by atoms with E-state index in [2.05, 4.69) is 22.3 Å². The van der Waals surface area contributed by atoms with Gasteiger partial charge in [0.25, 0.3) is 0 Å². The summed E-state index contributed by atoms with van der Waals surface area (Å²) < 4.78 is 0. The standard InChI is InChI=1S/C15H13N3/c1-4-15(2,3)18-14-9-11(10-16)12-7-5-6-8-13(12)17-14/h1,5-9H,2-3H3,(H,17,18). The van der Waals surface area contributed by atoms with Crippen molar-refractivity contribution in [1.82, 2.24) is 4.98 Å². The first-order valence-electron chi connectivity index (χ1n) is 5.61. The minimum Gasteiger partial charge on any atom is -0.354 e. The Morgan fingerprint density at radius 1 is 1.33 bits per heavy atom. The van der Waals surface area contributed by atoms with Gasteiger partial charge in [-0.15, -0.1) is 6.42 Å². The fourth-order valence-corrected chi connectivity index (χ4v) is 1.69. The molecule has 0 aliphatic rings. The highest BCUT2D eigenvalue weighted by Crippen LogP contribution is 2.21. The first kappa shape index (κ1) is 12.0. The Morgan fingerprint density at radius 3 is 2.72 bits per heavy atom. The van der Waals surface area contributed by atoms with E-state index in [-0.39, 0.29) is 0 Å². The van der Waals surface area contributed by atoms with E-state index in [9.17, 15) is 0 Å². The monoisotopic (exact) mass is 235 g/mol. The number of rotatable bonds is 2. The molecule has 18 heavy (non-hydrogen) atoms. The van der Waals surface area contributed by atoms with Crippen LogP contribution in [0.5, 0.6) is 0 Å². The number of hydrogen-bond acceptors (Lipinski definition) is 3. The number of benzene rings is 1. The van der Waals surface area contributed by atoms with Gasteiger partial charge in [0, 0.05) is 5.39 Å². The van der Waals surface area contributed by atoms with Crippen molar-refractivity contribution >= 4 is 16.7 Å². The summed E-state index contributed by atoms with van der Waals surface area (Å²) in [6.45, 7) is 3.77. The molecule has 3 nitrogen and oxygen atoms in total. The minimum absolute atomic E-state index is 0.498. The van der Waals surface area contributed by atoms with Gasteiger partial charge in [-0.05, 0) is 26.0 Å². The Bertz CT molecular complexity index is 672. The summed E-state index contributed by atoms with van der Waals surface area (Å²) in [6, 6.07) is 11.5. The highest BCUT2D eigenvalue weighted by molar-refractivity contribution is 5.86. The predicted molar refractivity (Wildman–Crippen MR) is 73.0 cm³/mol. The Hall–Kier alpha value is -2.52. The van der Waals surface area contributed by atoms with Gasteiger partial charge in [0.15, 0.2) is 0 Å². The summed E-state index contributed by atoms with van der Waals surface area (Å²) >= 11 is 0. The van der Waals surface area contributed by atoms with E-state index >= 15 is 0 Å². The van der Waals surface area contributed by atoms with Gasteiger partial charge in [0.1, 0.15) is 5.82 Å². The molecule has 0 aliphatic heterocycles. The van der Waals surface area contributed by atoms with Crippen LogP contribution in [0, 0.1) is 23.7 Å². The van der Waals surface area contributed by atoms with Crippen molar-refractivity contribution in [3.8, 4) is 18.4 Å². The molecule has 1 N–H and O–H groups in total. The molecule has 88 valence electrons. The third kappa shape index (κ3) is 2.26. The molecule has 0 spiro atoms. The molecule has 2 aromatic rings. The highest BCUT2D eigenvalue weighted by atomic mass is 15.0. The normalized spacial score (nSPS) is 10.7. The molecule has 0 saturated heterocycles. The zero-order valence-electron chi connectivity index (χ0n) is 10.4. The van der Waals surface area contributed by atoms with Crippen molar-refractivity contribution in [1.29, 1.82) is 5.26 Å². The molecule has 0 saturated carbocycles. The Morgan fingerprint density at radius 2 is 2.06 bits per heavy atom. The summed E-state index contributed by atoms with van der Waals surface area (Å²) in [5.41, 5.74) is 0.880. The second kappa shape index (κ2) is 4.39. The maximum atomic E-state index is 9.17. The van der Waals surface area contributed by atoms with Crippen LogP contribution in [0.15, 0.2) is 30.3 Å². The highest BCUT2D eigenvalue weighted by Gasteiger charge is 2.15. The number of nitrogens with one attached hydrogen (secondary N) is 1. The lowest BCUT2D eigenvalue weighted by Gasteiger charge is -2.20. The first-order chi connectivity index (χ1) is 8.55. The van der Waals surface area contributed by atoms with Crippen LogP contribution in [-0.2, 0) is 0 Å². The summed E-state index contributed by atoms with van der Waals surface area (Å²) in [5.74, 6) is 3.26. The van der Waals surface area contributed by atoms with Gasteiger partial charge in [-0.1, -0.05) is 24.1 Å². The topological polar surface area (TPSA) is 48.7 Å². The molecule has 0 bridgehead atoms.